The molecule has 0 aliphatic carbocycles. The molecule has 0 fully saturated rings. The molecule has 0 aromatic carbocycles. The molecule has 1 aromatic heterocycles. The van der Waals surface area contributed by atoms with Crippen molar-refractivity contribution in [3.8, 4) is 0 Å². The number of nitrogens with zero attached hydrogens (tertiary/aromatic N) is 2. The average molecular weight is 181 g/mol. The maximum Gasteiger partial charge on any atom is 0.0951 e. The van der Waals surface area contributed by atoms with E-state index in [-0.39, 0.29) is 6.04 Å². The minimum Gasteiger partial charge on any atom is -0.330 e. The van der Waals surface area contributed by atoms with Crippen molar-refractivity contribution in [3.63, 3.8) is 0 Å². The van der Waals surface area contributed by atoms with Gasteiger partial charge in [-0.1, -0.05) is 13.8 Å². The Morgan fingerprint density at radius 3 is 2.38 bits per heavy atom. The van der Waals surface area contributed by atoms with Gasteiger partial charge in [0.15, 0.2) is 0 Å². The van der Waals surface area contributed by atoms with E-state index in [1.54, 1.807) is 0 Å². The van der Waals surface area contributed by atoms with E-state index in [1.165, 1.54) is 0 Å². The standard InChI is InChI=1S/C10H19N3/c1-7(2)9(4)13-6-12-5-10(13)8(3)11/h5-9H,11H2,1-4H3/t8-,9?/m0/s1. The highest BCUT2D eigenvalue weighted by molar-refractivity contribution is 5.04. The number of hydrogen-bond donors (Lipinski definition) is 1. The van der Waals surface area contributed by atoms with Gasteiger partial charge in [0.25, 0.3) is 0 Å². The van der Waals surface area contributed by atoms with Gasteiger partial charge < -0.3 is 10.3 Å². The second-order valence-electron chi connectivity index (χ2n) is 4.00. The van der Waals surface area contributed by atoms with Gasteiger partial charge in [0.2, 0.25) is 0 Å². The number of aromatic nitrogens is 2. The third-order valence-corrected chi connectivity index (χ3v) is 2.57. The van der Waals surface area contributed by atoms with Crippen molar-refractivity contribution < 1.29 is 0 Å². The fourth-order valence-corrected chi connectivity index (χ4v) is 1.33. The van der Waals surface area contributed by atoms with E-state index < -0.39 is 0 Å². The molecule has 3 heteroatoms. The average Bonchev–Trinajstić information content (AvgIpc) is 2.50. The first kappa shape index (κ1) is 10.3. The molecular weight excluding hydrogens is 162 g/mol. The highest BCUT2D eigenvalue weighted by Gasteiger charge is 2.14. The van der Waals surface area contributed by atoms with Gasteiger partial charge in [0, 0.05) is 18.3 Å². The lowest BCUT2D eigenvalue weighted by Crippen LogP contribution is -2.17. The number of rotatable bonds is 3. The zero-order chi connectivity index (χ0) is 10.0. The molecule has 74 valence electrons. The van der Waals surface area contributed by atoms with Crippen LogP contribution in [0.25, 0.3) is 0 Å². The van der Waals surface area contributed by atoms with E-state index in [0.29, 0.717) is 12.0 Å². The van der Waals surface area contributed by atoms with Crippen LogP contribution in [-0.2, 0) is 0 Å². The Hall–Kier alpha value is -0.830. The summed E-state index contributed by atoms with van der Waals surface area (Å²) >= 11 is 0. The number of imidazole rings is 1. The first-order valence-electron chi connectivity index (χ1n) is 4.81. The van der Waals surface area contributed by atoms with E-state index in [0.717, 1.165) is 5.69 Å². The third kappa shape index (κ3) is 2.10. The Labute approximate surface area is 80.0 Å². The van der Waals surface area contributed by atoms with E-state index in [4.69, 9.17) is 5.73 Å². The molecule has 0 aliphatic rings. The first-order chi connectivity index (χ1) is 6.04. The normalized spacial score (nSPS) is 16.2. The molecule has 13 heavy (non-hydrogen) atoms. The van der Waals surface area contributed by atoms with Gasteiger partial charge in [-0.2, -0.15) is 0 Å². The van der Waals surface area contributed by atoms with Gasteiger partial charge in [-0.05, 0) is 19.8 Å². The second kappa shape index (κ2) is 3.92. The Kier molecular flexibility index (Phi) is 3.09. The topological polar surface area (TPSA) is 43.8 Å². The van der Waals surface area contributed by atoms with Crippen LogP contribution in [-0.4, -0.2) is 9.55 Å². The van der Waals surface area contributed by atoms with Gasteiger partial charge >= 0.3 is 0 Å². The van der Waals surface area contributed by atoms with Gasteiger partial charge in [0.1, 0.15) is 0 Å². The van der Waals surface area contributed by atoms with E-state index in [9.17, 15) is 0 Å². The maximum absolute atomic E-state index is 5.84. The summed E-state index contributed by atoms with van der Waals surface area (Å²) in [6.45, 7) is 8.59. The lowest BCUT2D eigenvalue weighted by atomic mass is 10.1. The van der Waals surface area contributed by atoms with E-state index in [2.05, 4.69) is 30.3 Å². The SMILES string of the molecule is CC(C)C(C)n1cncc1[C@H](C)N. The third-order valence-electron chi connectivity index (χ3n) is 2.57. The van der Waals surface area contributed by atoms with Crippen LogP contribution >= 0.6 is 0 Å². The largest absolute Gasteiger partial charge is 0.330 e. The van der Waals surface area contributed by atoms with Crippen LogP contribution in [0.15, 0.2) is 12.5 Å². The summed E-state index contributed by atoms with van der Waals surface area (Å²) in [4.78, 5) is 4.13. The zero-order valence-electron chi connectivity index (χ0n) is 8.86. The Morgan fingerprint density at radius 2 is 1.92 bits per heavy atom. The molecule has 3 nitrogen and oxygen atoms in total. The molecule has 0 aliphatic heterocycles. The Bertz CT molecular complexity index is 263. The number of hydrogen-bond acceptors (Lipinski definition) is 2. The fraction of sp³-hybridized carbons (Fsp3) is 0.700. The van der Waals surface area contributed by atoms with Crippen molar-refractivity contribution in [2.24, 2.45) is 11.7 Å². The summed E-state index contributed by atoms with van der Waals surface area (Å²) in [5, 5.41) is 0. The summed E-state index contributed by atoms with van der Waals surface area (Å²) in [5.74, 6) is 0.603. The molecule has 1 aromatic rings. The molecule has 2 atom stereocenters. The van der Waals surface area contributed by atoms with Gasteiger partial charge in [-0.3, -0.25) is 0 Å². The predicted molar refractivity (Wildman–Crippen MR) is 54.4 cm³/mol. The van der Waals surface area contributed by atoms with Crippen molar-refractivity contribution in [1.29, 1.82) is 0 Å². The van der Waals surface area contributed by atoms with Gasteiger partial charge in [-0.15, -0.1) is 0 Å². The highest BCUT2D eigenvalue weighted by Crippen LogP contribution is 2.21. The van der Waals surface area contributed by atoms with Crippen LogP contribution in [0.1, 0.15) is 45.5 Å². The molecule has 0 bridgehead atoms. The molecular formula is C10H19N3. The number of nitrogens with two attached hydrogens (primary N) is 1. The molecule has 0 saturated carbocycles. The van der Waals surface area contributed by atoms with Crippen LogP contribution < -0.4 is 5.73 Å². The van der Waals surface area contributed by atoms with Gasteiger partial charge in [-0.25, -0.2) is 4.98 Å². The molecule has 0 saturated heterocycles. The van der Waals surface area contributed by atoms with Crippen LogP contribution in [0, 0.1) is 5.92 Å². The molecule has 0 amide bonds. The van der Waals surface area contributed by atoms with Crippen molar-refractivity contribution in [3.05, 3.63) is 18.2 Å². The van der Waals surface area contributed by atoms with Crippen LogP contribution in [0.3, 0.4) is 0 Å². The molecule has 0 spiro atoms. The van der Waals surface area contributed by atoms with Crippen LogP contribution in [0.5, 0.6) is 0 Å². The minimum atomic E-state index is 0.0590. The second-order valence-corrected chi connectivity index (χ2v) is 4.00. The molecule has 1 rings (SSSR count). The smallest absolute Gasteiger partial charge is 0.0951 e. The first-order valence-corrected chi connectivity index (χ1v) is 4.81. The molecule has 1 heterocycles. The fourth-order valence-electron chi connectivity index (χ4n) is 1.33. The van der Waals surface area contributed by atoms with Crippen molar-refractivity contribution in [1.82, 2.24) is 9.55 Å². The Morgan fingerprint density at radius 1 is 1.31 bits per heavy atom. The van der Waals surface area contributed by atoms with Crippen LogP contribution in [0.2, 0.25) is 0 Å². The van der Waals surface area contributed by atoms with Gasteiger partial charge in [0.05, 0.1) is 12.0 Å². The van der Waals surface area contributed by atoms with E-state index >= 15 is 0 Å². The maximum atomic E-state index is 5.84. The summed E-state index contributed by atoms with van der Waals surface area (Å²) in [5.41, 5.74) is 6.95. The quantitative estimate of drug-likeness (QED) is 0.776. The zero-order valence-corrected chi connectivity index (χ0v) is 8.86. The van der Waals surface area contributed by atoms with Crippen molar-refractivity contribution in [2.45, 2.75) is 39.8 Å². The summed E-state index contributed by atoms with van der Waals surface area (Å²) in [6, 6.07) is 0.521. The molecule has 2 N–H and O–H groups in total. The summed E-state index contributed by atoms with van der Waals surface area (Å²) in [6.07, 6.45) is 3.72. The predicted octanol–water partition coefficient (Wildman–Crippen LogP) is 2.12. The van der Waals surface area contributed by atoms with Crippen molar-refractivity contribution in [2.75, 3.05) is 0 Å². The summed E-state index contributed by atoms with van der Waals surface area (Å²) in [7, 11) is 0. The monoisotopic (exact) mass is 181 g/mol. The molecule has 1 unspecified atom stereocenters. The Balaban J connectivity index is 2.93. The minimum absolute atomic E-state index is 0.0590. The highest BCUT2D eigenvalue weighted by atomic mass is 15.1. The van der Waals surface area contributed by atoms with Crippen molar-refractivity contribution >= 4 is 0 Å². The van der Waals surface area contributed by atoms with Crippen LogP contribution in [0.4, 0.5) is 0 Å². The summed E-state index contributed by atoms with van der Waals surface area (Å²) < 4.78 is 2.16. The lowest BCUT2D eigenvalue weighted by molar-refractivity contribution is 0.393. The van der Waals surface area contributed by atoms with E-state index in [1.807, 2.05) is 19.4 Å². The molecule has 0 radical (unpaired) electrons. The lowest BCUT2D eigenvalue weighted by Gasteiger charge is -2.21.